The fourth-order valence-electron chi connectivity index (χ4n) is 2.40. The molecule has 0 saturated heterocycles. The Labute approximate surface area is 173 Å². The summed E-state index contributed by atoms with van der Waals surface area (Å²) in [4.78, 5) is 20.6. The lowest BCUT2D eigenvalue weighted by Gasteiger charge is -2.06. The van der Waals surface area contributed by atoms with Crippen molar-refractivity contribution in [2.45, 2.75) is 19.7 Å². The van der Waals surface area contributed by atoms with E-state index in [1.165, 1.54) is 30.3 Å². The summed E-state index contributed by atoms with van der Waals surface area (Å²) in [5.74, 6) is -2.52. The lowest BCUT2D eigenvalue weighted by atomic mass is 10.1. The molecule has 0 aliphatic heterocycles. The van der Waals surface area contributed by atoms with Crippen LogP contribution in [-0.4, -0.2) is 28.3 Å². The maximum atomic E-state index is 13.5. The monoisotopic (exact) mass is 436 g/mol. The van der Waals surface area contributed by atoms with E-state index < -0.39 is 23.8 Å². The standard InChI is InChI=1S/C20H16F4N4O3/c1-12(27-30-11-15-4-2-3-5-16(15)21)10-25-18(29)14-8-6-13(7-9-14)17-26-19(31-28-17)20(22,23)24/h2-9H,10-11H2,1H3,(H,25,29). The van der Waals surface area contributed by atoms with E-state index in [1.807, 2.05) is 0 Å². The number of alkyl halides is 3. The maximum absolute atomic E-state index is 13.5. The van der Waals surface area contributed by atoms with Gasteiger partial charge in [0.25, 0.3) is 5.91 Å². The van der Waals surface area contributed by atoms with E-state index in [1.54, 1.807) is 25.1 Å². The summed E-state index contributed by atoms with van der Waals surface area (Å²) in [5, 5.41) is 9.72. The molecule has 0 aliphatic carbocycles. The van der Waals surface area contributed by atoms with Gasteiger partial charge in [-0.3, -0.25) is 4.79 Å². The molecule has 0 radical (unpaired) electrons. The second-order valence-electron chi connectivity index (χ2n) is 6.37. The van der Waals surface area contributed by atoms with Crippen LogP contribution in [0.1, 0.15) is 28.7 Å². The molecule has 3 rings (SSSR count). The van der Waals surface area contributed by atoms with Crippen molar-refractivity contribution in [3.8, 4) is 11.4 Å². The van der Waals surface area contributed by atoms with Crippen molar-refractivity contribution in [3.05, 3.63) is 71.4 Å². The summed E-state index contributed by atoms with van der Waals surface area (Å²) in [5.41, 5.74) is 1.33. The summed E-state index contributed by atoms with van der Waals surface area (Å²) >= 11 is 0. The van der Waals surface area contributed by atoms with E-state index in [-0.39, 0.29) is 30.1 Å². The van der Waals surface area contributed by atoms with Gasteiger partial charge in [0.05, 0.1) is 12.3 Å². The quantitative estimate of drug-likeness (QED) is 0.340. The second-order valence-corrected chi connectivity index (χ2v) is 6.37. The van der Waals surface area contributed by atoms with Gasteiger partial charge in [-0.15, -0.1) is 0 Å². The average Bonchev–Trinajstić information content (AvgIpc) is 3.24. The molecule has 1 amide bonds. The predicted octanol–water partition coefficient (Wildman–Crippen LogP) is 4.22. The van der Waals surface area contributed by atoms with E-state index in [4.69, 9.17) is 4.84 Å². The number of carbonyl (C=O) groups excluding carboxylic acids is 1. The van der Waals surface area contributed by atoms with Gasteiger partial charge in [0, 0.05) is 16.7 Å². The van der Waals surface area contributed by atoms with Crippen molar-refractivity contribution < 1.29 is 31.7 Å². The van der Waals surface area contributed by atoms with Crippen LogP contribution in [-0.2, 0) is 17.6 Å². The molecule has 1 heterocycles. The minimum absolute atomic E-state index is 0.0500. The number of hydrogen-bond acceptors (Lipinski definition) is 6. The number of oxime groups is 1. The molecule has 7 nitrogen and oxygen atoms in total. The number of rotatable bonds is 7. The van der Waals surface area contributed by atoms with Crippen LogP contribution in [0.3, 0.4) is 0 Å². The van der Waals surface area contributed by atoms with Crippen LogP contribution >= 0.6 is 0 Å². The van der Waals surface area contributed by atoms with E-state index >= 15 is 0 Å². The average molecular weight is 436 g/mol. The van der Waals surface area contributed by atoms with Crippen LogP contribution < -0.4 is 5.32 Å². The Morgan fingerprint density at radius 2 is 1.87 bits per heavy atom. The normalized spacial score (nSPS) is 12.0. The first kappa shape index (κ1) is 21.9. The van der Waals surface area contributed by atoms with E-state index in [0.29, 0.717) is 11.3 Å². The van der Waals surface area contributed by atoms with Crippen LogP contribution in [0.25, 0.3) is 11.4 Å². The molecule has 1 aromatic heterocycles. The topological polar surface area (TPSA) is 89.6 Å². The summed E-state index contributed by atoms with van der Waals surface area (Å²) in [7, 11) is 0. The molecule has 0 bridgehead atoms. The van der Waals surface area contributed by atoms with Crippen LogP contribution in [0, 0.1) is 5.82 Å². The predicted molar refractivity (Wildman–Crippen MR) is 101 cm³/mol. The van der Waals surface area contributed by atoms with Gasteiger partial charge in [0.2, 0.25) is 5.82 Å². The lowest BCUT2D eigenvalue weighted by molar-refractivity contribution is -0.159. The first-order valence-corrected chi connectivity index (χ1v) is 8.92. The number of hydrogen-bond donors (Lipinski definition) is 1. The van der Waals surface area contributed by atoms with Crippen molar-refractivity contribution in [2.24, 2.45) is 5.16 Å². The van der Waals surface area contributed by atoms with Gasteiger partial charge in [-0.2, -0.15) is 18.2 Å². The van der Waals surface area contributed by atoms with E-state index in [9.17, 15) is 22.4 Å². The maximum Gasteiger partial charge on any atom is 0.471 e. The molecule has 162 valence electrons. The van der Waals surface area contributed by atoms with Gasteiger partial charge in [-0.1, -0.05) is 40.6 Å². The van der Waals surface area contributed by atoms with Gasteiger partial charge in [0.15, 0.2) is 0 Å². The largest absolute Gasteiger partial charge is 0.471 e. The molecule has 0 saturated carbocycles. The third-order valence-electron chi connectivity index (χ3n) is 3.98. The second kappa shape index (κ2) is 9.37. The molecule has 0 fully saturated rings. The smallest absolute Gasteiger partial charge is 0.391 e. The third kappa shape index (κ3) is 5.87. The third-order valence-corrected chi connectivity index (χ3v) is 3.98. The van der Waals surface area contributed by atoms with Crippen molar-refractivity contribution >= 4 is 11.6 Å². The molecule has 2 aromatic carbocycles. The molecule has 0 spiro atoms. The zero-order valence-electron chi connectivity index (χ0n) is 16.1. The molecular formula is C20H16F4N4O3. The highest BCUT2D eigenvalue weighted by Gasteiger charge is 2.38. The Hall–Kier alpha value is -3.76. The highest BCUT2D eigenvalue weighted by Crippen LogP contribution is 2.29. The molecular weight excluding hydrogens is 420 g/mol. The molecule has 0 aliphatic rings. The zero-order valence-corrected chi connectivity index (χ0v) is 16.1. The highest BCUT2D eigenvalue weighted by atomic mass is 19.4. The van der Waals surface area contributed by atoms with Gasteiger partial charge < -0.3 is 14.7 Å². The number of aromatic nitrogens is 2. The minimum Gasteiger partial charge on any atom is -0.391 e. The number of benzene rings is 2. The molecule has 31 heavy (non-hydrogen) atoms. The summed E-state index contributed by atoms with van der Waals surface area (Å²) in [6.07, 6.45) is -4.73. The minimum atomic E-state index is -4.73. The van der Waals surface area contributed by atoms with Crippen molar-refractivity contribution in [2.75, 3.05) is 6.54 Å². The molecule has 0 atom stereocenters. The summed E-state index contributed by atoms with van der Waals surface area (Å²) in [6.45, 7) is 1.66. The van der Waals surface area contributed by atoms with Crippen LogP contribution in [0.15, 0.2) is 58.2 Å². The lowest BCUT2D eigenvalue weighted by Crippen LogP contribution is -2.28. The Bertz CT molecular complexity index is 1080. The van der Waals surface area contributed by atoms with Crippen molar-refractivity contribution in [1.29, 1.82) is 0 Å². The van der Waals surface area contributed by atoms with Gasteiger partial charge in [-0.25, -0.2) is 4.39 Å². The molecule has 11 heteroatoms. The summed E-state index contributed by atoms with van der Waals surface area (Å²) < 4.78 is 55.3. The first-order chi connectivity index (χ1) is 14.7. The molecule has 1 N–H and O–H groups in total. The van der Waals surface area contributed by atoms with Crippen LogP contribution in [0.4, 0.5) is 17.6 Å². The van der Waals surface area contributed by atoms with Crippen molar-refractivity contribution in [3.63, 3.8) is 0 Å². The number of halogens is 4. The molecule has 3 aromatic rings. The number of nitrogens with one attached hydrogen (secondary N) is 1. The van der Waals surface area contributed by atoms with Gasteiger partial charge in [0.1, 0.15) is 12.4 Å². The highest BCUT2D eigenvalue weighted by molar-refractivity contribution is 5.97. The van der Waals surface area contributed by atoms with Gasteiger partial charge in [-0.05, 0) is 25.1 Å². The summed E-state index contributed by atoms with van der Waals surface area (Å²) in [6, 6.07) is 11.8. The zero-order chi connectivity index (χ0) is 22.4. The first-order valence-electron chi connectivity index (χ1n) is 8.92. The van der Waals surface area contributed by atoms with Crippen LogP contribution in [0.2, 0.25) is 0 Å². The van der Waals surface area contributed by atoms with Crippen LogP contribution in [0.5, 0.6) is 0 Å². The molecule has 0 unspecified atom stereocenters. The van der Waals surface area contributed by atoms with E-state index in [2.05, 4.69) is 25.1 Å². The SMILES string of the molecule is CC(CNC(=O)c1ccc(-c2noc(C(F)(F)F)n2)cc1)=NOCc1ccccc1F. The van der Waals surface area contributed by atoms with Gasteiger partial charge >= 0.3 is 12.1 Å². The number of carbonyl (C=O) groups is 1. The Morgan fingerprint density at radius 3 is 2.52 bits per heavy atom. The van der Waals surface area contributed by atoms with Crippen molar-refractivity contribution in [1.82, 2.24) is 15.5 Å². The Morgan fingerprint density at radius 1 is 1.16 bits per heavy atom. The number of amides is 1. The number of nitrogens with zero attached hydrogens (tertiary/aromatic N) is 3. The Kier molecular flexibility index (Phi) is 6.63. The van der Waals surface area contributed by atoms with E-state index in [0.717, 1.165) is 0 Å². The Balaban J connectivity index is 1.52. The fourth-order valence-corrected chi connectivity index (χ4v) is 2.40. The fraction of sp³-hybridized carbons (Fsp3) is 0.200.